The number of anilines is 2. The molecule has 0 unspecified atom stereocenters. The predicted molar refractivity (Wildman–Crippen MR) is 126 cm³/mol. The number of rotatable bonds is 7. The van der Waals surface area contributed by atoms with Crippen LogP contribution in [-0.4, -0.2) is 28.5 Å². The molecule has 0 radical (unpaired) electrons. The Bertz CT molecular complexity index is 1280. The highest BCUT2D eigenvalue weighted by Crippen LogP contribution is 2.32. The van der Waals surface area contributed by atoms with E-state index in [0.29, 0.717) is 22.2 Å². The van der Waals surface area contributed by atoms with Gasteiger partial charge in [-0.05, 0) is 48.9 Å². The van der Waals surface area contributed by atoms with E-state index in [1.165, 1.54) is 32.4 Å². The SMILES string of the molecule is COc1cc(Cl)c(C)cc1NC(=O)c1ccc(Cl)c(S(=O)(=O)Nc2ccccc2OC)c1. The number of hydrogen-bond acceptors (Lipinski definition) is 5. The molecule has 0 saturated heterocycles. The first kappa shape index (κ1) is 23.7. The van der Waals surface area contributed by atoms with Gasteiger partial charge in [-0.25, -0.2) is 8.42 Å². The third kappa shape index (κ3) is 5.09. The molecule has 7 nitrogen and oxygen atoms in total. The van der Waals surface area contributed by atoms with E-state index < -0.39 is 15.9 Å². The molecule has 168 valence electrons. The monoisotopic (exact) mass is 494 g/mol. The van der Waals surface area contributed by atoms with Crippen LogP contribution in [0.3, 0.4) is 0 Å². The highest BCUT2D eigenvalue weighted by Gasteiger charge is 2.22. The molecule has 10 heteroatoms. The standard InChI is InChI=1S/C22H20Cl2N2O5S/c1-13-10-18(20(31-3)12-16(13)24)25-22(27)14-8-9-15(23)21(11-14)32(28,29)26-17-6-4-5-7-19(17)30-2/h4-12,26H,1-3H3,(H,25,27). The fourth-order valence-electron chi connectivity index (χ4n) is 2.90. The second-order valence-corrected chi connectivity index (χ2v) is 9.17. The van der Waals surface area contributed by atoms with Crippen LogP contribution in [0.1, 0.15) is 15.9 Å². The molecule has 0 aliphatic carbocycles. The van der Waals surface area contributed by atoms with Crippen molar-refractivity contribution in [3.05, 3.63) is 75.8 Å². The van der Waals surface area contributed by atoms with Crippen molar-refractivity contribution in [1.82, 2.24) is 0 Å². The predicted octanol–water partition coefficient (Wildman–Crippen LogP) is 5.37. The summed E-state index contributed by atoms with van der Waals surface area (Å²) in [5.41, 5.74) is 1.46. The first-order chi connectivity index (χ1) is 15.2. The number of carbonyl (C=O) groups is 1. The van der Waals surface area contributed by atoms with E-state index in [1.54, 1.807) is 43.3 Å². The molecule has 0 spiro atoms. The Balaban J connectivity index is 1.93. The minimum Gasteiger partial charge on any atom is -0.495 e. The molecular formula is C22H20Cl2N2O5S. The van der Waals surface area contributed by atoms with E-state index in [2.05, 4.69) is 10.0 Å². The van der Waals surface area contributed by atoms with E-state index in [1.807, 2.05) is 0 Å². The molecule has 0 aliphatic rings. The Kier molecular flexibility index (Phi) is 7.18. The van der Waals surface area contributed by atoms with Gasteiger partial charge in [-0.2, -0.15) is 0 Å². The van der Waals surface area contributed by atoms with Gasteiger partial charge in [0.25, 0.3) is 15.9 Å². The van der Waals surface area contributed by atoms with Gasteiger partial charge in [0.2, 0.25) is 0 Å². The van der Waals surface area contributed by atoms with Gasteiger partial charge in [0.15, 0.2) is 0 Å². The summed E-state index contributed by atoms with van der Waals surface area (Å²) < 4.78 is 38.9. The summed E-state index contributed by atoms with van der Waals surface area (Å²) in [5.74, 6) is 0.162. The van der Waals surface area contributed by atoms with E-state index >= 15 is 0 Å². The Labute approximate surface area is 196 Å². The van der Waals surface area contributed by atoms with Crippen LogP contribution in [0, 0.1) is 6.92 Å². The van der Waals surface area contributed by atoms with E-state index in [-0.39, 0.29) is 21.2 Å². The zero-order chi connectivity index (χ0) is 23.5. The van der Waals surface area contributed by atoms with Gasteiger partial charge in [0, 0.05) is 16.7 Å². The lowest BCUT2D eigenvalue weighted by Gasteiger charge is -2.14. The first-order valence-corrected chi connectivity index (χ1v) is 11.5. The molecule has 1 amide bonds. The fraction of sp³-hybridized carbons (Fsp3) is 0.136. The van der Waals surface area contributed by atoms with Crippen LogP contribution in [0.2, 0.25) is 10.0 Å². The lowest BCUT2D eigenvalue weighted by Crippen LogP contribution is -2.17. The van der Waals surface area contributed by atoms with Gasteiger partial charge in [0.1, 0.15) is 16.4 Å². The number of carbonyl (C=O) groups excluding carboxylic acids is 1. The second kappa shape index (κ2) is 9.68. The van der Waals surface area contributed by atoms with Gasteiger partial charge < -0.3 is 14.8 Å². The fourth-order valence-corrected chi connectivity index (χ4v) is 4.65. The van der Waals surface area contributed by atoms with Crippen molar-refractivity contribution in [3.63, 3.8) is 0 Å². The zero-order valence-electron chi connectivity index (χ0n) is 17.4. The molecular weight excluding hydrogens is 475 g/mol. The smallest absolute Gasteiger partial charge is 0.263 e. The van der Waals surface area contributed by atoms with Crippen molar-refractivity contribution < 1.29 is 22.7 Å². The lowest BCUT2D eigenvalue weighted by molar-refractivity contribution is 0.102. The van der Waals surface area contributed by atoms with Crippen LogP contribution in [0.25, 0.3) is 0 Å². The van der Waals surface area contributed by atoms with Gasteiger partial charge >= 0.3 is 0 Å². The number of ether oxygens (including phenoxy) is 2. The number of sulfonamides is 1. The van der Waals surface area contributed by atoms with Crippen LogP contribution in [0.5, 0.6) is 11.5 Å². The summed E-state index contributed by atoms with van der Waals surface area (Å²) in [6.45, 7) is 1.79. The molecule has 0 aromatic heterocycles. The topological polar surface area (TPSA) is 93.7 Å². The van der Waals surface area contributed by atoms with Gasteiger partial charge in [-0.15, -0.1) is 0 Å². The molecule has 0 fully saturated rings. The quantitative estimate of drug-likeness (QED) is 0.460. The molecule has 3 aromatic rings. The zero-order valence-corrected chi connectivity index (χ0v) is 19.7. The normalized spacial score (nSPS) is 11.0. The van der Waals surface area contributed by atoms with E-state index in [4.69, 9.17) is 32.7 Å². The van der Waals surface area contributed by atoms with Crippen LogP contribution >= 0.6 is 23.2 Å². The molecule has 3 rings (SSSR count). The maximum atomic E-state index is 13.0. The van der Waals surface area contributed by atoms with Crippen molar-refractivity contribution in [3.8, 4) is 11.5 Å². The van der Waals surface area contributed by atoms with E-state index in [0.717, 1.165) is 5.56 Å². The number of methoxy groups -OCH3 is 2. The summed E-state index contributed by atoms with van der Waals surface area (Å²) in [6, 6.07) is 13.8. The van der Waals surface area contributed by atoms with Crippen LogP contribution in [-0.2, 0) is 10.0 Å². The summed E-state index contributed by atoms with van der Waals surface area (Å²) in [5, 5.41) is 3.16. The number of benzene rings is 3. The van der Waals surface area contributed by atoms with Crippen LogP contribution in [0.4, 0.5) is 11.4 Å². The summed E-state index contributed by atoms with van der Waals surface area (Å²) in [4.78, 5) is 12.6. The Hall–Kier alpha value is -2.94. The Morgan fingerprint density at radius 3 is 2.25 bits per heavy atom. The molecule has 0 atom stereocenters. The van der Waals surface area contributed by atoms with E-state index in [9.17, 15) is 13.2 Å². The molecule has 0 aliphatic heterocycles. The maximum absolute atomic E-state index is 13.0. The first-order valence-electron chi connectivity index (χ1n) is 9.27. The lowest BCUT2D eigenvalue weighted by atomic mass is 10.1. The highest BCUT2D eigenvalue weighted by atomic mass is 35.5. The summed E-state index contributed by atoms with van der Waals surface area (Å²) in [6.07, 6.45) is 0. The largest absolute Gasteiger partial charge is 0.495 e. The summed E-state index contributed by atoms with van der Waals surface area (Å²) >= 11 is 12.3. The minimum absolute atomic E-state index is 0.0381. The highest BCUT2D eigenvalue weighted by molar-refractivity contribution is 7.92. The van der Waals surface area contributed by atoms with Crippen LogP contribution < -0.4 is 19.5 Å². The molecule has 3 aromatic carbocycles. The average molecular weight is 495 g/mol. The number of amides is 1. The van der Waals surface area contributed by atoms with Crippen molar-refractivity contribution in [2.24, 2.45) is 0 Å². The molecule has 0 saturated carbocycles. The Morgan fingerprint density at radius 2 is 1.56 bits per heavy atom. The summed E-state index contributed by atoms with van der Waals surface area (Å²) in [7, 11) is -1.23. The maximum Gasteiger partial charge on any atom is 0.263 e. The number of halogens is 2. The van der Waals surface area contributed by atoms with Crippen molar-refractivity contribution in [2.75, 3.05) is 24.3 Å². The van der Waals surface area contributed by atoms with Crippen molar-refractivity contribution in [1.29, 1.82) is 0 Å². The molecule has 0 bridgehead atoms. The number of aryl methyl sites for hydroxylation is 1. The number of hydrogen-bond donors (Lipinski definition) is 2. The van der Waals surface area contributed by atoms with Gasteiger partial charge in [-0.1, -0.05) is 35.3 Å². The molecule has 0 heterocycles. The minimum atomic E-state index is -4.11. The molecule has 2 N–H and O–H groups in total. The van der Waals surface area contributed by atoms with Crippen molar-refractivity contribution in [2.45, 2.75) is 11.8 Å². The van der Waals surface area contributed by atoms with Crippen LogP contribution in [0.15, 0.2) is 59.5 Å². The average Bonchev–Trinajstić information content (AvgIpc) is 2.76. The molecule has 32 heavy (non-hydrogen) atoms. The second-order valence-electron chi connectivity index (χ2n) is 6.71. The third-order valence-corrected chi connectivity index (χ3v) is 6.82. The third-order valence-electron chi connectivity index (χ3n) is 4.56. The van der Waals surface area contributed by atoms with Gasteiger partial charge in [-0.3, -0.25) is 9.52 Å². The number of para-hydroxylation sites is 2. The Morgan fingerprint density at radius 1 is 0.875 bits per heavy atom. The van der Waals surface area contributed by atoms with Crippen molar-refractivity contribution >= 4 is 50.5 Å². The number of nitrogens with one attached hydrogen (secondary N) is 2. The van der Waals surface area contributed by atoms with Gasteiger partial charge in [0.05, 0.1) is 30.6 Å².